The summed E-state index contributed by atoms with van der Waals surface area (Å²) in [5, 5.41) is 8.61. The molecule has 0 fully saturated rings. The molecule has 1 aromatic heterocycles. The van der Waals surface area contributed by atoms with Crippen molar-refractivity contribution in [2.24, 2.45) is 0 Å². The van der Waals surface area contributed by atoms with E-state index in [0.717, 1.165) is 0 Å². The number of rotatable bonds is 2. The molecule has 0 spiro atoms. The van der Waals surface area contributed by atoms with Crippen molar-refractivity contribution in [3.05, 3.63) is 28.0 Å². The van der Waals surface area contributed by atoms with Crippen LogP contribution in [0.25, 0.3) is 0 Å². The van der Waals surface area contributed by atoms with Gasteiger partial charge in [-0.2, -0.15) is 5.26 Å². The van der Waals surface area contributed by atoms with E-state index in [4.69, 9.17) is 16.9 Å². The lowest BCUT2D eigenvalue weighted by atomic mass is 10.2. The lowest BCUT2D eigenvalue weighted by Gasteiger charge is -2.07. The molecular weight excluding hydrogens is 210 g/mol. The van der Waals surface area contributed by atoms with Gasteiger partial charge in [0.05, 0.1) is 18.2 Å². The Morgan fingerprint density at radius 2 is 2.29 bits per heavy atom. The molecule has 0 unspecified atom stereocenters. The molecule has 2 nitrogen and oxygen atoms in total. The summed E-state index contributed by atoms with van der Waals surface area (Å²) in [6.45, 7) is 1.48. The zero-order chi connectivity index (χ0) is 10.7. The average molecular weight is 217 g/mol. The zero-order valence-electron chi connectivity index (χ0n) is 7.39. The molecule has 0 aromatic carbocycles. The predicted molar refractivity (Wildman–Crippen MR) is 48.3 cm³/mol. The fraction of sp³-hybridized carbons (Fsp3) is 0.333. The van der Waals surface area contributed by atoms with Crippen molar-refractivity contribution in [2.45, 2.75) is 19.8 Å². The summed E-state index contributed by atoms with van der Waals surface area (Å²) >= 11 is 5.72. The summed E-state index contributed by atoms with van der Waals surface area (Å²) in [7, 11) is 0. The topological polar surface area (TPSA) is 36.7 Å². The number of pyridine rings is 1. The van der Waals surface area contributed by atoms with E-state index in [1.165, 1.54) is 13.0 Å². The Labute approximate surface area is 85.1 Å². The molecule has 0 aliphatic heterocycles. The first-order valence-electron chi connectivity index (χ1n) is 3.87. The number of hydrogen-bond acceptors (Lipinski definition) is 2. The molecule has 0 saturated heterocycles. The van der Waals surface area contributed by atoms with E-state index in [1.54, 1.807) is 0 Å². The van der Waals surface area contributed by atoms with Crippen molar-refractivity contribution in [3.8, 4) is 6.07 Å². The standard InChI is InChI=1S/C9H7ClF2N2/c1-5-7(10)4-6(2-3-13)14-8(5)9(11)12/h4,9H,2H2,1H3. The van der Waals surface area contributed by atoms with E-state index in [1.807, 2.05) is 6.07 Å². The van der Waals surface area contributed by atoms with Crippen LogP contribution in [0.5, 0.6) is 0 Å². The van der Waals surface area contributed by atoms with Crippen molar-refractivity contribution < 1.29 is 8.78 Å². The van der Waals surface area contributed by atoms with Gasteiger partial charge in [-0.1, -0.05) is 11.6 Å². The fourth-order valence-corrected chi connectivity index (χ4v) is 1.25. The Bertz CT molecular complexity index is 385. The van der Waals surface area contributed by atoms with E-state index in [9.17, 15) is 8.78 Å². The number of alkyl halides is 2. The van der Waals surface area contributed by atoms with E-state index >= 15 is 0 Å². The highest BCUT2D eigenvalue weighted by Gasteiger charge is 2.15. The third-order valence-corrected chi connectivity index (χ3v) is 2.16. The van der Waals surface area contributed by atoms with Gasteiger partial charge < -0.3 is 0 Å². The molecule has 5 heteroatoms. The van der Waals surface area contributed by atoms with Gasteiger partial charge in [-0.05, 0) is 18.6 Å². The molecular formula is C9H7ClF2N2. The Hall–Kier alpha value is -1.21. The molecule has 74 valence electrons. The predicted octanol–water partition coefficient (Wildman–Crippen LogP) is 3.05. The molecule has 0 aliphatic carbocycles. The Balaban J connectivity index is 3.22. The highest BCUT2D eigenvalue weighted by molar-refractivity contribution is 6.31. The van der Waals surface area contributed by atoms with Crippen LogP contribution in [0, 0.1) is 18.3 Å². The minimum absolute atomic E-state index is 0.0142. The van der Waals surface area contributed by atoms with Crippen LogP contribution in [0.1, 0.15) is 23.4 Å². The van der Waals surface area contributed by atoms with Gasteiger partial charge in [-0.25, -0.2) is 8.78 Å². The van der Waals surface area contributed by atoms with Gasteiger partial charge in [0, 0.05) is 5.02 Å². The second kappa shape index (κ2) is 4.34. The first-order chi connectivity index (χ1) is 6.56. The Kier molecular flexibility index (Phi) is 3.37. The van der Waals surface area contributed by atoms with Crippen molar-refractivity contribution in [1.29, 1.82) is 5.26 Å². The van der Waals surface area contributed by atoms with Crippen molar-refractivity contribution >= 4 is 11.6 Å². The summed E-state index contributed by atoms with van der Waals surface area (Å²) in [6.07, 6.45) is -2.68. The SMILES string of the molecule is Cc1c(Cl)cc(CC#N)nc1C(F)F. The maximum absolute atomic E-state index is 12.4. The molecule has 1 rings (SSSR count). The second-order valence-electron chi connectivity index (χ2n) is 2.74. The number of nitrogens with zero attached hydrogens (tertiary/aromatic N) is 2. The number of nitriles is 1. The summed E-state index contributed by atoms with van der Waals surface area (Å²) in [5.74, 6) is 0. The molecule has 0 bridgehead atoms. The maximum atomic E-state index is 12.4. The molecule has 0 saturated carbocycles. The van der Waals surface area contributed by atoms with E-state index in [0.29, 0.717) is 0 Å². The second-order valence-corrected chi connectivity index (χ2v) is 3.15. The van der Waals surface area contributed by atoms with Crippen molar-refractivity contribution in [2.75, 3.05) is 0 Å². The molecule has 0 amide bonds. The van der Waals surface area contributed by atoms with Crippen LogP contribution < -0.4 is 0 Å². The monoisotopic (exact) mass is 216 g/mol. The van der Waals surface area contributed by atoms with Crippen LogP contribution in [-0.2, 0) is 6.42 Å². The molecule has 0 aliphatic rings. The highest BCUT2D eigenvalue weighted by Crippen LogP contribution is 2.26. The van der Waals surface area contributed by atoms with Crippen LogP contribution in [0.4, 0.5) is 8.78 Å². The third kappa shape index (κ3) is 2.18. The van der Waals surface area contributed by atoms with Gasteiger partial charge in [0.15, 0.2) is 0 Å². The van der Waals surface area contributed by atoms with Gasteiger partial charge in [-0.15, -0.1) is 0 Å². The maximum Gasteiger partial charge on any atom is 0.280 e. The van der Waals surface area contributed by atoms with E-state index in [-0.39, 0.29) is 28.4 Å². The smallest absolute Gasteiger partial charge is 0.250 e. The molecule has 14 heavy (non-hydrogen) atoms. The summed E-state index contributed by atoms with van der Waals surface area (Å²) in [4.78, 5) is 3.67. The first kappa shape index (κ1) is 10.9. The summed E-state index contributed by atoms with van der Waals surface area (Å²) in [5.41, 5.74) is 0.199. The van der Waals surface area contributed by atoms with Gasteiger partial charge in [0.25, 0.3) is 6.43 Å². The third-order valence-electron chi connectivity index (χ3n) is 1.77. The van der Waals surface area contributed by atoms with Crippen LogP contribution in [0.2, 0.25) is 5.02 Å². The Morgan fingerprint density at radius 1 is 1.64 bits per heavy atom. The average Bonchev–Trinajstić information content (AvgIpc) is 2.11. The van der Waals surface area contributed by atoms with Crippen molar-refractivity contribution in [3.63, 3.8) is 0 Å². The van der Waals surface area contributed by atoms with Crippen LogP contribution in [-0.4, -0.2) is 4.98 Å². The number of hydrogen-bond donors (Lipinski definition) is 0. The highest BCUT2D eigenvalue weighted by atomic mass is 35.5. The first-order valence-corrected chi connectivity index (χ1v) is 4.25. The lowest BCUT2D eigenvalue weighted by Crippen LogP contribution is -1.99. The normalized spacial score (nSPS) is 10.3. The molecule has 0 atom stereocenters. The lowest BCUT2D eigenvalue weighted by molar-refractivity contribution is 0.145. The van der Waals surface area contributed by atoms with Crippen molar-refractivity contribution in [1.82, 2.24) is 4.98 Å². The van der Waals surface area contributed by atoms with Crippen LogP contribution in [0.15, 0.2) is 6.07 Å². The number of halogens is 3. The largest absolute Gasteiger partial charge is 0.280 e. The van der Waals surface area contributed by atoms with E-state index in [2.05, 4.69) is 4.98 Å². The quantitative estimate of drug-likeness (QED) is 0.762. The minimum Gasteiger partial charge on any atom is -0.250 e. The molecule has 0 N–H and O–H groups in total. The molecule has 0 radical (unpaired) electrons. The molecule has 1 aromatic rings. The van der Waals surface area contributed by atoms with Gasteiger partial charge in [0.2, 0.25) is 0 Å². The van der Waals surface area contributed by atoms with Gasteiger partial charge in [-0.3, -0.25) is 4.98 Å². The zero-order valence-corrected chi connectivity index (χ0v) is 8.15. The number of aromatic nitrogens is 1. The van der Waals surface area contributed by atoms with E-state index < -0.39 is 6.43 Å². The summed E-state index contributed by atoms with van der Waals surface area (Å²) in [6, 6.07) is 3.27. The van der Waals surface area contributed by atoms with Crippen LogP contribution >= 0.6 is 11.6 Å². The summed E-state index contributed by atoms with van der Waals surface area (Å²) < 4.78 is 24.8. The molecule has 1 heterocycles. The minimum atomic E-state index is -2.66. The van der Waals surface area contributed by atoms with Crippen LogP contribution in [0.3, 0.4) is 0 Å². The van der Waals surface area contributed by atoms with Gasteiger partial charge >= 0.3 is 0 Å². The van der Waals surface area contributed by atoms with Gasteiger partial charge in [0.1, 0.15) is 5.69 Å². The Morgan fingerprint density at radius 3 is 2.79 bits per heavy atom. The fourth-order valence-electron chi connectivity index (χ4n) is 1.03.